The Hall–Kier alpha value is -2.85. The summed E-state index contributed by atoms with van der Waals surface area (Å²) in [6.07, 6.45) is 1.61. The summed E-state index contributed by atoms with van der Waals surface area (Å²) in [5, 5.41) is 6.98. The molecule has 0 aliphatic carbocycles. The summed E-state index contributed by atoms with van der Waals surface area (Å²) in [5.74, 6) is 0.283. The van der Waals surface area contributed by atoms with Crippen molar-refractivity contribution < 1.29 is 9.53 Å². The Labute approximate surface area is 157 Å². The van der Waals surface area contributed by atoms with Gasteiger partial charge in [-0.25, -0.2) is 5.43 Å². The average molecular weight is 367 g/mol. The van der Waals surface area contributed by atoms with Crippen LogP contribution in [-0.2, 0) is 4.79 Å². The van der Waals surface area contributed by atoms with Gasteiger partial charge in [0.05, 0.1) is 6.21 Å². The fraction of sp³-hybridized carbons (Fsp3) is 0.143. The Morgan fingerprint density at radius 1 is 1.08 bits per heavy atom. The summed E-state index contributed by atoms with van der Waals surface area (Å²) in [7, 11) is 0. The van der Waals surface area contributed by atoms with Crippen LogP contribution in [0.3, 0.4) is 0 Å². The van der Waals surface area contributed by atoms with E-state index in [4.69, 9.17) is 16.3 Å². The van der Waals surface area contributed by atoms with Gasteiger partial charge in [-0.05, 0) is 59.5 Å². The van der Waals surface area contributed by atoms with Gasteiger partial charge in [0, 0.05) is 5.02 Å². The zero-order valence-electron chi connectivity index (χ0n) is 14.6. The molecule has 3 rings (SSSR count). The molecule has 0 aliphatic heterocycles. The van der Waals surface area contributed by atoms with Crippen molar-refractivity contribution in [1.82, 2.24) is 5.43 Å². The summed E-state index contributed by atoms with van der Waals surface area (Å²) in [4.78, 5) is 11.9. The van der Waals surface area contributed by atoms with Gasteiger partial charge in [0.2, 0.25) is 0 Å². The van der Waals surface area contributed by atoms with E-state index in [0.717, 1.165) is 27.5 Å². The van der Waals surface area contributed by atoms with E-state index in [0.29, 0.717) is 10.8 Å². The van der Waals surface area contributed by atoms with Crippen LogP contribution in [0.4, 0.5) is 0 Å². The Kier molecular flexibility index (Phi) is 5.54. The minimum Gasteiger partial charge on any atom is -0.484 e. The fourth-order valence-corrected chi connectivity index (χ4v) is 2.75. The summed E-state index contributed by atoms with van der Waals surface area (Å²) < 4.78 is 5.50. The lowest BCUT2D eigenvalue weighted by atomic mass is 10.1. The maximum Gasteiger partial charge on any atom is 0.277 e. The second-order valence-corrected chi connectivity index (χ2v) is 6.44. The van der Waals surface area contributed by atoms with E-state index in [1.54, 1.807) is 18.3 Å². The molecule has 1 N–H and O–H groups in total. The van der Waals surface area contributed by atoms with Crippen LogP contribution in [0.15, 0.2) is 59.7 Å². The van der Waals surface area contributed by atoms with E-state index >= 15 is 0 Å². The highest BCUT2D eigenvalue weighted by molar-refractivity contribution is 6.32. The van der Waals surface area contributed by atoms with Crippen molar-refractivity contribution >= 4 is 34.5 Å². The van der Waals surface area contributed by atoms with Gasteiger partial charge in [0.25, 0.3) is 5.91 Å². The van der Waals surface area contributed by atoms with E-state index in [9.17, 15) is 4.79 Å². The molecule has 0 fully saturated rings. The predicted octanol–water partition coefficient (Wildman–Crippen LogP) is 4.64. The molecule has 0 spiro atoms. The number of carbonyl (C=O) groups is 1. The van der Waals surface area contributed by atoms with Crippen molar-refractivity contribution in [3.8, 4) is 5.75 Å². The standard InChI is InChI=1S/C21H19ClN2O2/c1-14-9-19(10-15(2)21(14)22)26-13-20(25)24-23-12-16-7-8-17-5-3-4-6-18(17)11-16/h3-12H,13H2,1-2H3,(H,24,25)/b23-12-. The number of rotatable bonds is 5. The first-order chi connectivity index (χ1) is 12.5. The molecule has 132 valence electrons. The first-order valence-corrected chi connectivity index (χ1v) is 8.61. The van der Waals surface area contributed by atoms with Crippen molar-refractivity contribution in [2.24, 2.45) is 5.10 Å². The number of aryl methyl sites for hydroxylation is 2. The SMILES string of the molecule is Cc1cc(OCC(=O)N/N=C\c2ccc3ccccc3c2)cc(C)c1Cl. The van der Waals surface area contributed by atoms with Crippen molar-refractivity contribution in [3.05, 3.63) is 76.3 Å². The summed E-state index contributed by atoms with van der Waals surface area (Å²) in [5.41, 5.74) is 5.21. The molecule has 0 aromatic heterocycles. The second kappa shape index (κ2) is 8.02. The van der Waals surface area contributed by atoms with Crippen molar-refractivity contribution in [2.75, 3.05) is 6.61 Å². The second-order valence-electron chi connectivity index (χ2n) is 6.06. The molecule has 0 saturated heterocycles. The zero-order chi connectivity index (χ0) is 18.5. The first kappa shape index (κ1) is 18.0. The number of carbonyl (C=O) groups excluding carboxylic acids is 1. The van der Waals surface area contributed by atoms with Crippen LogP contribution >= 0.6 is 11.6 Å². The number of halogens is 1. The minimum absolute atomic E-state index is 0.116. The third kappa shape index (κ3) is 4.41. The van der Waals surface area contributed by atoms with Gasteiger partial charge in [-0.1, -0.05) is 48.0 Å². The molecule has 4 nitrogen and oxygen atoms in total. The number of hydrogen-bond donors (Lipinski definition) is 1. The van der Waals surface area contributed by atoms with Gasteiger partial charge in [-0.3, -0.25) is 4.79 Å². The zero-order valence-corrected chi connectivity index (χ0v) is 15.4. The van der Waals surface area contributed by atoms with Gasteiger partial charge in [-0.15, -0.1) is 0 Å². The summed E-state index contributed by atoms with van der Waals surface area (Å²) in [6.45, 7) is 3.68. The highest BCUT2D eigenvalue weighted by Gasteiger charge is 2.06. The van der Waals surface area contributed by atoms with Crippen LogP contribution in [-0.4, -0.2) is 18.7 Å². The van der Waals surface area contributed by atoms with Crippen LogP contribution in [0, 0.1) is 13.8 Å². The Balaban J connectivity index is 1.55. The smallest absolute Gasteiger partial charge is 0.277 e. The van der Waals surface area contributed by atoms with Gasteiger partial charge in [-0.2, -0.15) is 5.10 Å². The summed E-state index contributed by atoms with van der Waals surface area (Å²) >= 11 is 6.12. The van der Waals surface area contributed by atoms with Crippen molar-refractivity contribution in [3.63, 3.8) is 0 Å². The summed E-state index contributed by atoms with van der Waals surface area (Å²) in [6, 6.07) is 17.7. The van der Waals surface area contributed by atoms with Crippen molar-refractivity contribution in [1.29, 1.82) is 0 Å². The molecule has 26 heavy (non-hydrogen) atoms. The van der Waals surface area contributed by atoms with Gasteiger partial charge < -0.3 is 4.74 Å². The third-order valence-corrected chi connectivity index (χ3v) is 4.55. The topological polar surface area (TPSA) is 50.7 Å². The molecular formula is C21H19ClN2O2. The molecule has 3 aromatic rings. The van der Waals surface area contributed by atoms with Gasteiger partial charge in [0.1, 0.15) is 5.75 Å². The van der Waals surface area contributed by atoms with E-state index in [2.05, 4.69) is 16.6 Å². The molecule has 0 heterocycles. The van der Waals surface area contributed by atoms with Crippen LogP contribution in [0.25, 0.3) is 10.8 Å². The molecule has 5 heteroatoms. The Morgan fingerprint density at radius 3 is 2.50 bits per heavy atom. The molecule has 1 amide bonds. The normalized spacial score (nSPS) is 11.0. The van der Waals surface area contributed by atoms with E-state index in [-0.39, 0.29) is 12.5 Å². The monoisotopic (exact) mass is 366 g/mol. The minimum atomic E-state index is -0.327. The fourth-order valence-electron chi connectivity index (χ4n) is 2.64. The number of nitrogens with zero attached hydrogens (tertiary/aromatic N) is 1. The Bertz CT molecular complexity index is 960. The van der Waals surface area contributed by atoms with Gasteiger partial charge >= 0.3 is 0 Å². The largest absolute Gasteiger partial charge is 0.484 e. The number of nitrogens with one attached hydrogen (secondary N) is 1. The van der Waals surface area contributed by atoms with Crippen LogP contribution in [0.1, 0.15) is 16.7 Å². The molecular weight excluding hydrogens is 348 g/mol. The Morgan fingerprint density at radius 2 is 1.77 bits per heavy atom. The number of hydrazone groups is 1. The molecule has 3 aromatic carbocycles. The maximum absolute atomic E-state index is 11.9. The number of ether oxygens (including phenoxy) is 1. The molecule has 0 radical (unpaired) electrons. The lowest BCUT2D eigenvalue weighted by Gasteiger charge is -2.09. The van der Waals surface area contributed by atoms with Gasteiger partial charge in [0.15, 0.2) is 6.61 Å². The quantitative estimate of drug-likeness (QED) is 0.528. The lowest BCUT2D eigenvalue weighted by Crippen LogP contribution is -2.24. The van der Waals surface area contributed by atoms with Crippen LogP contribution < -0.4 is 10.2 Å². The first-order valence-electron chi connectivity index (χ1n) is 8.23. The predicted molar refractivity (Wildman–Crippen MR) is 106 cm³/mol. The van der Waals surface area contributed by atoms with Crippen LogP contribution in [0.2, 0.25) is 5.02 Å². The number of fused-ring (bicyclic) bond motifs is 1. The van der Waals surface area contributed by atoms with Crippen LogP contribution in [0.5, 0.6) is 5.75 Å². The van der Waals surface area contributed by atoms with E-state index in [1.807, 2.05) is 50.2 Å². The van der Waals surface area contributed by atoms with E-state index < -0.39 is 0 Å². The lowest BCUT2D eigenvalue weighted by molar-refractivity contribution is -0.123. The van der Waals surface area contributed by atoms with Crippen molar-refractivity contribution in [2.45, 2.75) is 13.8 Å². The third-order valence-electron chi connectivity index (χ3n) is 3.96. The average Bonchev–Trinajstić information content (AvgIpc) is 2.64. The number of benzene rings is 3. The molecule has 0 unspecified atom stereocenters. The highest BCUT2D eigenvalue weighted by atomic mass is 35.5. The highest BCUT2D eigenvalue weighted by Crippen LogP contribution is 2.25. The number of hydrogen-bond acceptors (Lipinski definition) is 3. The number of amides is 1. The van der Waals surface area contributed by atoms with E-state index in [1.165, 1.54) is 0 Å². The molecule has 0 bridgehead atoms. The maximum atomic E-state index is 11.9. The molecule has 0 saturated carbocycles. The molecule has 0 aliphatic rings. The molecule has 0 atom stereocenters.